The zero-order valence-corrected chi connectivity index (χ0v) is 11.5. The van der Waals surface area contributed by atoms with E-state index in [0.717, 1.165) is 29.8 Å². The molecule has 3 rings (SSSR count). The van der Waals surface area contributed by atoms with Crippen LogP contribution in [0.1, 0.15) is 24.9 Å². The average Bonchev–Trinajstić information content (AvgIpc) is 2.96. The molecule has 0 aromatic heterocycles. The van der Waals surface area contributed by atoms with Crippen LogP contribution in [0.15, 0.2) is 53.8 Å². The molecule has 0 saturated carbocycles. The number of hydrazine groups is 1. The molecule has 4 nitrogen and oxygen atoms in total. The van der Waals surface area contributed by atoms with Gasteiger partial charge in [0, 0.05) is 18.2 Å². The molecule has 2 atom stereocenters. The number of amides is 1. The molecule has 1 aliphatic carbocycles. The van der Waals surface area contributed by atoms with Gasteiger partial charge in [0.2, 0.25) is 0 Å². The highest BCUT2D eigenvalue weighted by molar-refractivity contribution is 5.97. The summed E-state index contributed by atoms with van der Waals surface area (Å²) in [6, 6.07) is 10.00. The molecule has 20 heavy (non-hydrogen) atoms. The molecule has 1 heterocycles. The minimum atomic E-state index is -0.0199. The molecule has 1 aromatic rings. The SMILES string of the molecule is C[C@@H](NC(=O)C1=C2NNCC2CC=C1)c1ccccc1. The predicted octanol–water partition coefficient (Wildman–Crippen LogP) is 1.80. The molecule has 1 amide bonds. The van der Waals surface area contributed by atoms with Crippen LogP contribution in [-0.4, -0.2) is 12.5 Å². The van der Waals surface area contributed by atoms with E-state index in [1.54, 1.807) is 0 Å². The number of benzene rings is 1. The summed E-state index contributed by atoms with van der Waals surface area (Å²) in [6.45, 7) is 2.88. The van der Waals surface area contributed by atoms with Crippen LogP contribution < -0.4 is 16.2 Å². The molecule has 1 aromatic carbocycles. The predicted molar refractivity (Wildman–Crippen MR) is 78.4 cm³/mol. The van der Waals surface area contributed by atoms with Crippen molar-refractivity contribution in [2.45, 2.75) is 19.4 Å². The fourth-order valence-electron chi connectivity index (χ4n) is 2.70. The summed E-state index contributed by atoms with van der Waals surface area (Å²) >= 11 is 0. The maximum Gasteiger partial charge on any atom is 0.253 e. The van der Waals surface area contributed by atoms with Crippen molar-refractivity contribution >= 4 is 5.91 Å². The second-order valence-corrected chi connectivity index (χ2v) is 5.27. The molecule has 1 unspecified atom stereocenters. The smallest absolute Gasteiger partial charge is 0.253 e. The monoisotopic (exact) mass is 269 g/mol. The van der Waals surface area contributed by atoms with Gasteiger partial charge in [0.1, 0.15) is 0 Å². The molecule has 1 aliphatic heterocycles. The van der Waals surface area contributed by atoms with Crippen LogP contribution in [0.3, 0.4) is 0 Å². The van der Waals surface area contributed by atoms with E-state index in [9.17, 15) is 4.79 Å². The average molecular weight is 269 g/mol. The van der Waals surface area contributed by atoms with E-state index < -0.39 is 0 Å². The van der Waals surface area contributed by atoms with Crippen molar-refractivity contribution in [3.63, 3.8) is 0 Å². The Kier molecular flexibility index (Phi) is 3.56. The number of rotatable bonds is 3. The Morgan fingerprint density at radius 3 is 2.95 bits per heavy atom. The van der Waals surface area contributed by atoms with Gasteiger partial charge in [-0.2, -0.15) is 0 Å². The second-order valence-electron chi connectivity index (χ2n) is 5.27. The molecule has 1 saturated heterocycles. The van der Waals surface area contributed by atoms with Crippen LogP contribution >= 0.6 is 0 Å². The third-order valence-corrected chi connectivity index (χ3v) is 3.87. The number of carbonyl (C=O) groups excluding carboxylic acids is 1. The number of hydrogen-bond acceptors (Lipinski definition) is 3. The number of allylic oxidation sites excluding steroid dienone is 1. The minimum absolute atomic E-state index is 0.0000567. The summed E-state index contributed by atoms with van der Waals surface area (Å²) in [5, 5.41) is 3.06. The molecule has 4 heteroatoms. The van der Waals surface area contributed by atoms with Crippen LogP contribution in [0.2, 0.25) is 0 Å². The summed E-state index contributed by atoms with van der Waals surface area (Å²) in [4.78, 5) is 12.4. The quantitative estimate of drug-likeness (QED) is 0.784. The molecule has 0 radical (unpaired) electrons. The van der Waals surface area contributed by atoms with Crippen molar-refractivity contribution in [3.05, 3.63) is 59.3 Å². The molecule has 3 N–H and O–H groups in total. The summed E-state index contributed by atoms with van der Waals surface area (Å²) in [5.74, 6) is 0.376. The van der Waals surface area contributed by atoms with Crippen molar-refractivity contribution in [1.82, 2.24) is 16.2 Å². The van der Waals surface area contributed by atoms with E-state index >= 15 is 0 Å². The van der Waals surface area contributed by atoms with Gasteiger partial charge >= 0.3 is 0 Å². The van der Waals surface area contributed by atoms with Crippen LogP contribution in [0.5, 0.6) is 0 Å². The Morgan fingerprint density at radius 1 is 1.35 bits per heavy atom. The molecular formula is C16H19N3O. The lowest BCUT2D eigenvalue weighted by Gasteiger charge is -2.19. The van der Waals surface area contributed by atoms with Gasteiger partial charge in [-0.3, -0.25) is 4.79 Å². The largest absolute Gasteiger partial charge is 0.345 e. The third kappa shape index (κ3) is 2.47. The fourth-order valence-corrected chi connectivity index (χ4v) is 2.70. The number of fused-ring (bicyclic) bond motifs is 1. The molecule has 0 spiro atoms. The summed E-state index contributed by atoms with van der Waals surface area (Å²) in [5.41, 5.74) is 9.10. The van der Waals surface area contributed by atoms with Crippen LogP contribution in [0, 0.1) is 5.92 Å². The zero-order valence-electron chi connectivity index (χ0n) is 11.5. The third-order valence-electron chi connectivity index (χ3n) is 3.87. The van der Waals surface area contributed by atoms with Crippen molar-refractivity contribution in [3.8, 4) is 0 Å². The second kappa shape index (κ2) is 5.51. The van der Waals surface area contributed by atoms with Crippen molar-refractivity contribution in [2.24, 2.45) is 5.92 Å². The molecule has 1 fully saturated rings. The first-order valence-corrected chi connectivity index (χ1v) is 7.01. The lowest BCUT2D eigenvalue weighted by Crippen LogP contribution is -2.31. The van der Waals surface area contributed by atoms with Crippen LogP contribution in [-0.2, 0) is 4.79 Å². The lowest BCUT2D eigenvalue weighted by molar-refractivity contribution is -0.117. The Balaban J connectivity index is 1.75. The van der Waals surface area contributed by atoms with E-state index in [2.05, 4.69) is 22.2 Å². The van der Waals surface area contributed by atoms with E-state index in [1.807, 2.05) is 43.3 Å². The highest BCUT2D eigenvalue weighted by Crippen LogP contribution is 2.26. The summed E-state index contributed by atoms with van der Waals surface area (Å²) in [6.07, 6.45) is 4.98. The number of nitrogens with one attached hydrogen (secondary N) is 3. The van der Waals surface area contributed by atoms with Crippen LogP contribution in [0.25, 0.3) is 0 Å². The first-order chi connectivity index (χ1) is 9.75. The number of hydrogen-bond donors (Lipinski definition) is 3. The normalized spacial score (nSPS) is 22.1. The van der Waals surface area contributed by atoms with Gasteiger partial charge < -0.3 is 10.7 Å². The first-order valence-electron chi connectivity index (χ1n) is 7.01. The summed E-state index contributed by atoms with van der Waals surface area (Å²) < 4.78 is 0. The van der Waals surface area contributed by atoms with Gasteiger partial charge in [-0.15, -0.1) is 0 Å². The van der Waals surface area contributed by atoms with Crippen molar-refractivity contribution in [1.29, 1.82) is 0 Å². The minimum Gasteiger partial charge on any atom is -0.345 e. The standard InChI is InChI=1S/C16H19N3O/c1-11(12-6-3-2-4-7-12)18-16(20)14-9-5-8-13-10-17-19-15(13)14/h2-7,9,11,13,17,19H,8,10H2,1H3,(H,18,20)/t11-,13?/m1/s1. The van der Waals surface area contributed by atoms with Gasteiger partial charge in [0.15, 0.2) is 0 Å². The Bertz CT molecular complexity index is 562. The highest BCUT2D eigenvalue weighted by Gasteiger charge is 2.28. The molecular weight excluding hydrogens is 250 g/mol. The van der Waals surface area contributed by atoms with Gasteiger partial charge in [0.25, 0.3) is 5.91 Å². The topological polar surface area (TPSA) is 53.2 Å². The molecule has 104 valence electrons. The lowest BCUT2D eigenvalue weighted by atomic mass is 9.93. The maximum absolute atomic E-state index is 12.4. The maximum atomic E-state index is 12.4. The van der Waals surface area contributed by atoms with Gasteiger partial charge in [-0.25, -0.2) is 5.43 Å². The van der Waals surface area contributed by atoms with E-state index in [1.165, 1.54) is 0 Å². The van der Waals surface area contributed by atoms with E-state index in [4.69, 9.17) is 0 Å². The van der Waals surface area contributed by atoms with Crippen molar-refractivity contribution in [2.75, 3.05) is 6.54 Å². The van der Waals surface area contributed by atoms with Crippen molar-refractivity contribution < 1.29 is 4.79 Å². The highest BCUT2D eigenvalue weighted by atomic mass is 16.1. The summed E-state index contributed by atoms with van der Waals surface area (Å²) in [7, 11) is 0. The zero-order chi connectivity index (χ0) is 13.9. The van der Waals surface area contributed by atoms with Gasteiger partial charge in [-0.05, 0) is 18.9 Å². The van der Waals surface area contributed by atoms with E-state index in [-0.39, 0.29) is 11.9 Å². The Morgan fingerprint density at radius 2 is 2.15 bits per heavy atom. The van der Waals surface area contributed by atoms with E-state index in [0.29, 0.717) is 5.92 Å². The van der Waals surface area contributed by atoms with Crippen LogP contribution in [0.4, 0.5) is 0 Å². The molecule has 2 aliphatic rings. The Hall–Kier alpha value is -2.07. The fraction of sp³-hybridized carbons (Fsp3) is 0.312. The van der Waals surface area contributed by atoms with Gasteiger partial charge in [-0.1, -0.05) is 42.5 Å². The van der Waals surface area contributed by atoms with Gasteiger partial charge in [0.05, 0.1) is 11.6 Å². The Labute approximate surface area is 118 Å². The first kappa shape index (κ1) is 12.9. The molecule has 0 bridgehead atoms. The number of carbonyl (C=O) groups is 1.